The average Bonchev–Trinajstić information content (AvgIpc) is 2.94. The topological polar surface area (TPSA) is 74.8 Å². The molecule has 3 rings (SSSR count). The Morgan fingerprint density at radius 3 is 2.67 bits per heavy atom. The third-order valence-corrected chi connectivity index (χ3v) is 4.79. The number of thiazole rings is 1. The second-order valence-electron chi connectivity index (χ2n) is 5.52. The number of aromatic nitrogens is 1. The maximum Gasteiger partial charge on any atom is 0.409 e. The normalized spacial score (nSPS) is 14.8. The zero-order chi connectivity index (χ0) is 17.1. The number of hydrogen-bond acceptors (Lipinski definition) is 5. The molecule has 7 nitrogen and oxygen atoms in total. The van der Waals surface area contributed by atoms with Crippen LogP contribution >= 0.6 is 11.3 Å². The molecule has 2 aromatic rings. The first-order valence-electron chi connectivity index (χ1n) is 7.91. The van der Waals surface area contributed by atoms with Crippen molar-refractivity contribution < 1.29 is 14.3 Å². The first-order valence-corrected chi connectivity index (χ1v) is 8.73. The molecule has 1 aliphatic rings. The van der Waals surface area contributed by atoms with Crippen molar-refractivity contribution in [3.05, 3.63) is 23.2 Å². The number of aryl methyl sites for hydroxylation is 1. The van der Waals surface area contributed by atoms with E-state index in [1.165, 1.54) is 0 Å². The number of ether oxygens (including phenoxy) is 1. The van der Waals surface area contributed by atoms with Gasteiger partial charge in [-0.25, -0.2) is 14.6 Å². The van der Waals surface area contributed by atoms with Gasteiger partial charge in [0.25, 0.3) is 0 Å². The van der Waals surface area contributed by atoms with Crippen molar-refractivity contribution in [3.8, 4) is 0 Å². The summed E-state index contributed by atoms with van der Waals surface area (Å²) in [6, 6.07) is 5.57. The van der Waals surface area contributed by atoms with E-state index in [1.54, 1.807) is 28.1 Å². The van der Waals surface area contributed by atoms with E-state index in [-0.39, 0.29) is 12.1 Å². The fourth-order valence-corrected chi connectivity index (χ4v) is 3.44. The lowest BCUT2D eigenvalue weighted by Crippen LogP contribution is -2.51. The van der Waals surface area contributed by atoms with Crippen LogP contribution in [-0.2, 0) is 4.74 Å². The highest BCUT2D eigenvalue weighted by molar-refractivity contribution is 7.18. The van der Waals surface area contributed by atoms with E-state index in [0.29, 0.717) is 32.8 Å². The van der Waals surface area contributed by atoms with Gasteiger partial charge >= 0.3 is 12.1 Å². The number of fused-ring (bicyclic) bond motifs is 1. The first kappa shape index (κ1) is 16.5. The third-order valence-electron chi connectivity index (χ3n) is 3.84. The van der Waals surface area contributed by atoms with Crippen molar-refractivity contribution in [2.75, 3.05) is 38.1 Å². The van der Waals surface area contributed by atoms with E-state index in [0.717, 1.165) is 20.9 Å². The summed E-state index contributed by atoms with van der Waals surface area (Å²) in [4.78, 5) is 31.8. The van der Waals surface area contributed by atoms with Crippen LogP contribution in [0.1, 0.15) is 11.9 Å². The number of anilines is 1. The molecule has 1 aromatic carbocycles. The monoisotopic (exact) mass is 348 g/mol. The van der Waals surface area contributed by atoms with Gasteiger partial charge in [-0.15, -0.1) is 11.3 Å². The van der Waals surface area contributed by atoms with Gasteiger partial charge in [-0.2, -0.15) is 0 Å². The summed E-state index contributed by atoms with van der Waals surface area (Å²) < 4.78 is 6.08. The van der Waals surface area contributed by atoms with Crippen molar-refractivity contribution in [3.63, 3.8) is 0 Å². The molecule has 1 aromatic heterocycles. The maximum absolute atomic E-state index is 12.4. The number of carbonyl (C=O) groups is 2. The molecule has 2 heterocycles. The van der Waals surface area contributed by atoms with Crippen LogP contribution in [0.2, 0.25) is 0 Å². The Morgan fingerprint density at radius 1 is 1.25 bits per heavy atom. The van der Waals surface area contributed by atoms with Crippen LogP contribution in [0.5, 0.6) is 0 Å². The highest BCUT2D eigenvalue weighted by atomic mass is 32.1. The molecule has 24 heavy (non-hydrogen) atoms. The Morgan fingerprint density at radius 2 is 1.96 bits per heavy atom. The van der Waals surface area contributed by atoms with Crippen LogP contribution in [0.3, 0.4) is 0 Å². The van der Waals surface area contributed by atoms with Gasteiger partial charge in [0.2, 0.25) is 0 Å². The van der Waals surface area contributed by atoms with Crippen LogP contribution in [0.25, 0.3) is 10.2 Å². The number of urea groups is 1. The second-order valence-corrected chi connectivity index (χ2v) is 6.75. The summed E-state index contributed by atoms with van der Waals surface area (Å²) >= 11 is 1.63. The lowest BCUT2D eigenvalue weighted by atomic mass is 10.3. The summed E-state index contributed by atoms with van der Waals surface area (Å²) in [6.45, 7) is 6.05. The fourth-order valence-electron chi connectivity index (χ4n) is 2.63. The number of nitrogens with zero attached hydrogens (tertiary/aromatic N) is 3. The molecule has 3 amide bonds. The molecular formula is C16H20N4O3S. The zero-order valence-electron chi connectivity index (χ0n) is 13.7. The van der Waals surface area contributed by atoms with Gasteiger partial charge in [0.15, 0.2) is 0 Å². The summed E-state index contributed by atoms with van der Waals surface area (Å²) in [7, 11) is 0. The number of amides is 3. The van der Waals surface area contributed by atoms with Crippen LogP contribution in [0.15, 0.2) is 18.2 Å². The molecule has 0 atom stereocenters. The van der Waals surface area contributed by atoms with Crippen molar-refractivity contribution in [1.82, 2.24) is 14.8 Å². The Balaban J connectivity index is 1.58. The molecule has 8 heteroatoms. The van der Waals surface area contributed by atoms with Gasteiger partial charge in [0.05, 0.1) is 21.8 Å². The van der Waals surface area contributed by atoms with E-state index in [2.05, 4.69) is 10.3 Å². The van der Waals surface area contributed by atoms with Gasteiger partial charge < -0.3 is 19.9 Å². The first-order chi connectivity index (χ1) is 11.6. The van der Waals surface area contributed by atoms with Gasteiger partial charge in [-0.05, 0) is 32.0 Å². The largest absolute Gasteiger partial charge is 0.450 e. The zero-order valence-corrected chi connectivity index (χ0v) is 14.6. The number of carbonyl (C=O) groups excluding carboxylic acids is 2. The van der Waals surface area contributed by atoms with Crippen LogP contribution in [0, 0.1) is 6.92 Å². The standard InChI is InChI=1S/C16H20N4O3S/c1-3-23-16(22)20-8-6-19(7-9-20)15(21)18-12-4-5-14-13(10-12)17-11(2)24-14/h4-5,10H,3,6-9H2,1-2H3,(H,18,21). The predicted molar refractivity (Wildman–Crippen MR) is 93.5 cm³/mol. The minimum Gasteiger partial charge on any atom is -0.450 e. The molecule has 0 bridgehead atoms. The van der Waals surface area contributed by atoms with E-state index in [4.69, 9.17) is 4.74 Å². The second kappa shape index (κ2) is 7.04. The summed E-state index contributed by atoms with van der Waals surface area (Å²) in [5.41, 5.74) is 1.62. The molecular weight excluding hydrogens is 328 g/mol. The van der Waals surface area contributed by atoms with Gasteiger partial charge in [0, 0.05) is 31.9 Å². The van der Waals surface area contributed by atoms with Crippen molar-refractivity contribution in [2.45, 2.75) is 13.8 Å². The fraction of sp³-hybridized carbons (Fsp3) is 0.438. The summed E-state index contributed by atoms with van der Waals surface area (Å²) in [5.74, 6) is 0. The predicted octanol–water partition coefficient (Wildman–Crippen LogP) is 2.91. The molecule has 0 aliphatic carbocycles. The van der Waals surface area contributed by atoms with Crippen LogP contribution in [0.4, 0.5) is 15.3 Å². The smallest absolute Gasteiger partial charge is 0.409 e. The van der Waals surface area contributed by atoms with Crippen molar-refractivity contribution in [2.24, 2.45) is 0 Å². The Bertz CT molecular complexity index is 753. The number of hydrogen-bond donors (Lipinski definition) is 1. The van der Waals surface area contributed by atoms with E-state index in [9.17, 15) is 9.59 Å². The Hall–Kier alpha value is -2.35. The number of rotatable bonds is 2. The molecule has 1 aliphatic heterocycles. The number of benzene rings is 1. The lowest BCUT2D eigenvalue weighted by molar-refractivity contribution is 0.0868. The summed E-state index contributed by atoms with van der Waals surface area (Å²) in [5, 5.41) is 3.90. The molecule has 0 radical (unpaired) electrons. The molecule has 1 saturated heterocycles. The SMILES string of the molecule is CCOC(=O)N1CCN(C(=O)Nc2ccc3sc(C)nc3c2)CC1. The quantitative estimate of drug-likeness (QED) is 0.905. The molecule has 1 fully saturated rings. The van der Waals surface area contributed by atoms with Crippen molar-refractivity contribution >= 4 is 39.4 Å². The Labute approximate surface area is 144 Å². The minimum atomic E-state index is -0.318. The third kappa shape index (κ3) is 3.59. The van der Waals surface area contributed by atoms with Crippen LogP contribution < -0.4 is 5.32 Å². The molecule has 0 saturated carbocycles. The molecule has 0 unspecified atom stereocenters. The summed E-state index contributed by atoms with van der Waals surface area (Å²) in [6.07, 6.45) is -0.318. The highest BCUT2D eigenvalue weighted by Crippen LogP contribution is 2.24. The Kier molecular flexibility index (Phi) is 4.84. The maximum atomic E-state index is 12.4. The molecule has 1 N–H and O–H groups in total. The number of nitrogens with one attached hydrogen (secondary N) is 1. The van der Waals surface area contributed by atoms with E-state index in [1.807, 2.05) is 25.1 Å². The molecule has 128 valence electrons. The van der Waals surface area contributed by atoms with Gasteiger partial charge in [0.1, 0.15) is 0 Å². The average molecular weight is 348 g/mol. The minimum absolute atomic E-state index is 0.162. The van der Waals surface area contributed by atoms with E-state index < -0.39 is 0 Å². The lowest BCUT2D eigenvalue weighted by Gasteiger charge is -2.33. The van der Waals surface area contributed by atoms with Crippen molar-refractivity contribution in [1.29, 1.82) is 0 Å². The van der Waals surface area contributed by atoms with Crippen LogP contribution in [-0.4, -0.2) is 59.7 Å². The van der Waals surface area contributed by atoms with Gasteiger partial charge in [-0.1, -0.05) is 0 Å². The molecule has 0 spiro atoms. The highest BCUT2D eigenvalue weighted by Gasteiger charge is 2.24. The van der Waals surface area contributed by atoms with Gasteiger partial charge in [-0.3, -0.25) is 0 Å². The number of piperazine rings is 1. The van der Waals surface area contributed by atoms with E-state index >= 15 is 0 Å².